The molecule has 3 rings (SSSR count). The van der Waals surface area contributed by atoms with E-state index >= 15 is 0 Å². The Morgan fingerprint density at radius 2 is 2.07 bits per heavy atom. The number of thioether (sulfide) groups is 1. The third-order valence-electron chi connectivity index (χ3n) is 5.22. The van der Waals surface area contributed by atoms with Gasteiger partial charge in [-0.05, 0) is 37.1 Å². The van der Waals surface area contributed by atoms with Gasteiger partial charge in [0.15, 0.2) is 0 Å². The van der Waals surface area contributed by atoms with Crippen molar-refractivity contribution in [3.8, 4) is 11.5 Å². The van der Waals surface area contributed by atoms with Crippen molar-refractivity contribution in [1.82, 2.24) is 10.2 Å². The molecular formula is C20H30N2O4S. The average molecular weight is 395 g/mol. The number of methoxy groups -OCH3 is 2. The highest BCUT2D eigenvalue weighted by atomic mass is 32.2. The maximum absolute atomic E-state index is 12.5. The van der Waals surface area contributed by atoms with Gasteiger partial charge in [0.2, 0.25) is 0 Å². The Morgan fingerprint density at radius 1 is 1.26 bits per heavy atom. The van der Waals surface area contributed by atoms with Gasteiger partial charge in [-0.1, -0.05) is 0 Å². The zero-order valence-corrected chi connectivity index (χ0v) is 17.1. The Balaban J connectivity index is 1.61. The Labute approximate surface area is 165 Å². The van der Waals surface area contributed by atoms with Crippen LogP contribution in [0.2, 0.25) is 0 Å². The lowest BCUT2D eigenvalue weighted by Gasteiger charge is -2.35. The first kappa shape index (κ1) is 20.3. The molecule has 1 N–H and O–H groups in total. The molecule has 2 fully saturated rings. The minimum absolute atomic E-state index is 0.132. The number of nitrogens with zero attached hydrogens (tertiary/aromatic N) is 1. The van der Waals surface area contributed by atoms with Gasteiger partial charge in [-0.25, -0.2) is 0 Å². The first-order chi connectivity index (χ1) is 13.2. The smallest absolute Gasteiger partial charge is 0.255 e. The average Bonchev–Trinajstić information content (AvgIpc) is 3.23. The summed E-state index contributed by atoms with van der Waals surface area (Å²) in [6.07, 6.45) is 3.41. The lowest BCUT2D eigenvalue weighted by Crippen LogP contribution is -2.44. The summed E-state index contributed by atoms with van der Waals surface area (Å²) in [5.74, 6) is 3.68. The van der Waals surface area contributed by atoms with Crippen LogP contribution in [0.15, 0.2) is 18.2 Å². The summed E-state index contributed by atoms with van der Waals surface area (Å²) in [5, 5.41) is 2.86. The largest absolute Gasteiger partial charge is 0.497 e. The van der Waals surface area contributed by atoms with Gasteiger partial charge in [0.05, 0.1) is 19.3 Å². The predicted octanol–water partition coefficient (Wildman–Crippen LogP) is 2.42. The summed E-state index contributed by atoms with van der Waals surface area (Å²) in [7, 11) is 3.24. The van der Waals surface area contributed by atoms with Crippen LogP contribution in [0.25, 0.3) is 0 Å². The number of carbonyl (C=O) groups is 1. The number of amides is 1. The number of piperidine rings is 1. The van der Waals surface area contributed by atoms with Gasteiger partial charge < -0.3 is 19.5 Å². The molecule has 6 nitrogen and oxygen atoms in total. The molecule has 2 saturated heterocycles. The number of likely N-dealkylation sites (tertiary alicyclic amines) is 1. The minimum atomic E-state index is -0.148. The van der Waals surface area contributed by atoms with Crippen LogP contribution in [0.1, 0.15) is 29.6 Å². The molecule has 0 spiro atoms. The van der Waals surface area contributed by atoms with E-state index in [4.69, 9.17) is 14.2 Å². The molecule has 1 atom stereocenters. The number of ether oxygens (including phenoxy) is 3. The number of carbonyl (C=O) groups excluding carboxylic acids is 1. The van der Waals surface area contributed by atoms with Gasteiger partial charge >= 0.3 is 0 Å². The summed E-state index contributed by atoms with van der Waals surface area (Å²) in [4.78, 5) is 15.1. The SMILES string of the molecule is COCCNC(=O)c1ccc(OC)cc1OC1CCN(C2CCSC2)CC1. The standard InChI is InChI=1S/C20H30N2O4S/c1-24-11-8-21-20(23)18-4-3-17(25-2)13-19(18)26-16-5-9-22(10-6-16)15-7-12-27-14-15/h3-4,13,15-16H,5-12,14H2,1-2H3,(H,21,23). The molecule has 150 valence electrons. The number of hydrogen-bond donors (Lipinski definition) is 1. The fourth-order valence-corrected chi connectivity index (χ4v) is 4.88. The van der Waals surface area contributed by atoms with Crippen molar-refractivity contribution in [2.45, 2.75) is 31.4 Å². The minimum Gasteiger partial charge on any atom is -0.497 e. The van der Waals surface area contributed by atoms with Crippen molar-refractivity contribution in [2.24, 2.45) is 0 Å². The normalized spacial score (nSPS) is 21.2. The third-order valence-corrected chi connectivity index (χ3v) is 6.36. The molecule has 2 heterocycles. The van der Waals surface area contributed by atoms with Crippen LogP contribution < -0.4 is 14.8 Å². The molecule has 1 aromatic rings. The van der Waals surface area contributed by atoms with E-state index in [1.54, 1.807) is 26.4 Å². The summed E-state index contributed by atoms with van der Waals surface area (Å²) >= 11 is 2.06. The van der Waals surface area contributed by atoms with Gasteiger partial charge in [0.25, 0.3) is 5.91 Å². The Bertz CT molecular complexity index is 614. The maximum Gasteiger partial charge on any atom is 0.255 e. The molecule has 0 aliphatic carbocycles. The highest BCUT2D eigenvalue weighted by Crippen LogP contribution is 2.30. The van der Waals surface area contributed by atoms with E-state index in [0.717, 1.165) is 32.0 Å². The lowest BCUT2D eigenvalue weighted by molar-refractivity contribution is 0.0789. The van der Waals surface area contributed by atoms with Crippen LogP contribution in [0.3, 0.4) is 0 Å². The van der Waals surface area contributed by atoms with E-state index in [2.05, 4.69) is 22.0 Å². The van der Waals surface area contributed by atoms with Gasteiger partial charge in [-0.15, -0.1) is 0 Å². The molecule has 2 aliphatic rings. The Morgan fingerprint density at radius 3 is 2.74 bits per heavy atom. The van der Waals surface area contributed by atoms with Gasteiger partial charge in [-0.2, -0.15) is 11.8 Å². The zero-order chi connectivity index (χ0) is 19.1. The van der Waals surface area contributed by atoms with Crippen LogP contribution in [-0.4, -0.2) is 74.9 Å². The summed E-state index contributed by atoms with van der Waals surface area (Å²) in [5.41, 5.74) is 0.543. The van der Waals surface area contributed by atoms with E-state index in [9.17, 15) is 4.79 Å². The highest BCUT2D eigenvalue weighted by Gasteiger charge is 2.28. The zero-order valence-electron chi connectivity index (χ0n) is 16.2. The van der Waals surface area contributed by atoms with Crippen molar-refractivity contribution in [2.75, 3.05) is 52.0 Å². The second-order valence-corrected chi connectivity index (χ2v) is 8.13. The van der Waals surface area contributed by atoms with Crippen molar-refractivity contribution in [3.05, 3.63) is 23.8 Å². The van der Waals surface area contributed by atoms with E-state index in [1.807, 2.05) is 6.07 Å². The molecule has 0 bridgehead atoms. The van der Waals surface area contributed by atoms with Crippen molar-refractivity contribution in [3.63, 3.8) is 0 Å². The molecule has 1 aromatic carbocycles. The molecule has 0 saturated carbocycles. The van der Waals surface area contributed by atoms with E-state index in [1.165, 1.54) is 17.9 Å². The van der Waals surface area contributed by atoms with Gasteiger partial charge in [0, 0.05) is 44.6 Å². The topological polar surface area (TPSA) is 60.0 Å². The van der Waals surface area contributed by atoms with E-state index in [0.29, 0.717) is 30.2 Å². The number of hydrogen-bond acceptors (Lipinski definition) is 6. The molecular weight excluding hydrogens is 364 g/mol. The molecule has 7 heteroatoms. The third kappa shape index (κ3) is 5.53. The monoisotopic (exact) mass is 394 g/mol. The number of nitrogens with one attached hydrogen (secondary N) is 1. The molecule has 1 unspecified atom stereocenters. The van der Waals surface area contributed by atoms with Crippen LogP contribution in [0, 0.1) is 0 Å². The second kappa shape index (κ2) is 10.2. The predicted molar refractivity (Wildman–Crippen MR) is 108 cm³/mol. The summed E-state index contributed by atoms with van der Waals surface area (Å²) < 4.78 is 16.6. The second-order valence-electron chi connectivity index (χ2n) is 6.98. The molecule has 0 aromatic heterocycles. The fraction of sp³-hybridized carbons (Fsp3) is 0.650. The first-order valence-corrected chi connectivity index (χ1v) is 10.8. The van der Waals surface area contributed by atoms with E-state index in [-0.39, 0.29) is 12.0 Å². The maximum atomic E-state index is 12.5. The number of benzene rings is 1. The first-order valence-electron chi connectivity index (χ1n) is 9.65. The quantitative estimate of drug-likeness (QED) is 0.684. The van der Waals surface area contributed by atoms with Gasteiger partial charge in [0.1, 0.15) is 17.6 Å². The summed E-state index contributed by atoms with van der Waals surface area (Å²) in [6.45, 7) is 3.08. The van der Waals surface area contributed by atoms with Crippen LogP contribution >= 0.6 is 11.8 Å². The van der Waals surface area contributed by atoms with Crippen LogP contribution in [-0.2, 0) is 4.74 Å². The Kier molecular flexibility index (Phi) is 7.67. The van der Waals surface area contributed by atoms with Crippen LogP contribution in [0.5, 0.6) is 11.5 Å². The van der Waals surface area contributed by atoms with Crippen molar-refractivity contribution in [1.29, 1.82) is 0 Å². The fourth-order valence-electron chi connectivity index (χ4n) is 3.62. The van der Waals surface area contributed by atoms with E-state index < -0.39 is 0 Å². The molecule has 0 radical (unpaired) electrons. The van der Waals surface area contributed by atoms with Gasteiger partial charge in [-0.3, -0.25) is 9.69 Å². The molecule has 2 aliphatic heterocycles. The highest BCUT2D eigenvalue weighted by molar-refractivity contribution is 7.99. The molecule has 27 heavy (non-hydrogen) atoms. The van der Waals surface area contributed by atoms with Crippen LogP contribution in [0.4, 0.5) is 0 Å². The van der Waals surface area contributed by atoms with Crippen molar-refractivity contribution < 1.29 is 19.0 Å². The number of rotatable bonds is 8. The Hall–Kier alpha value is -1.44. The summed E-state index contributed by atoms with van der Waals surface area (Å²) in [6, 6.07) is 6.10. The molecule has 1 amide bonds. The lowest BCUT2D eigenvalue weighted by atomic mass is 10.0. The van der Waals surface area contributed by atoms with Crippen molar-refractivity contribution >= 4 is 17.7 Å².